The van der Waals surface area contributed by atoms with Crippen molar-refractivity contribution in [2.75, 3.05) is 13.6 Å². The molecule has 0 saturated heterocycles. The molecule has 9 nitrogen and oxygen atoms in total. The molecule has 1 aromatic carbocycles. The summed E-state index contributed by atoms with van der Waals surface area (Å²) in [4.78, 5) is 52.0. The van der Waals surface area contributed by atoms with Gasteiger partial charge in [0.25, 0.3) is 0 Å². The van der Waals surface area contributed by atoms with Gasteiger partial charge in [0.1, 0.15) is 17.7 Å². The second-order valence-electron chi connectivity index (χ2n) is 9.52. The largest absolute Gasteiger partial charge is 0.444 e. The number of rotatable bonds is 11. The fourth-order valence-corrected chi connectivity index (χ4v) is 3.67. The fourth-order valence-electron chi connectivity index (χ4n) is 3.67. The van der Waals surface area contributed by atoms with Gasteiger partial charge in [-0.3, -0.25) is 14.4 Å². The minimum Gasteiger partial charge on any atom is -0.444 e. The van der Waals surface area contributed by atoms with Crippen molar-refractivity contribution in [3.63, 3.8) is 0 Å². The number of ether oxygens (including phenoxy) is 1. The van der Waals surface area contributed by atoms with Crippen LogP contribution in [0.1, 0.15) is 76.1 Å². The number of carbonyl (C=O) groups excluding carboxylic acids is 4. The van der Waals surface area contributed by atoms with Crippen LogP contribution in [0.3, 0.4) is 0 Å². The lowest BCUT2D eigenvalue weighted by molar-refractivity contribution is -0.141. The lowest BCUT2D eigenvalue weighted by Crippen LogP contribution is -2.53. The Labute approximate surface area is 202 Å². The number of amides is 4. The molecule has 0 spiro atoms. The molecule has 0 aliphatic carbocycles. The minimum atomic E-state index is -1.28. The number of aryl methyl sites for hydroxylation is 2. The zero-order chi connectivity index (χ0) is 26.1. The Hall–Kier alpha value is -3.10. The number of primary amides is 1. The van der Waals surface area contributed by atoms with Crippen molar-refractivity contribution < 1.29 is 23.9 Å². The van der Waals surface area contributed by atoms with Gasteiger partial charge in [0.05, 0.1) is 6.42 Å². The first-order valence-electron chi connectivity index (χ1n) is 11.7. The topological polar surface area (TPSA) is 131 Å². The third-order valence-corrected chi connectivity index (χ3v) is 5.27. The Bertz CT molecular complexity index is 858. The highest BCUT2D eigenvalue weighted by Gasteiger charge is 2.36. The Morgan fingerprint density at radius 2 is 1.68 bits per heavy atom. The predicted octanol–water partition coefficient (Wildman–Crippen LogP) is 2.88. The molecule has 0 heterocycles. The molecule has 4 amide bonds. The van der Waals surface area contributed by atoms with Crippen LogP contribution in [0.4, 0.5) is 4.79 Å². The molecule has 0 saturated carbocycles. The number of nitrogens with zero attached hydrogens (tertiary/aromatic N) is 1. The molecule has 2 unspecified atom stereocenters. The summed E-state index contributed by atoms with van der Waals surface area (Å²) in [6, 6.07) is 3.39. The van der Waals surface area contributed by atoms with Gasteiger partial charge in [-0.25, -0.2) is 4.79 Å². The molecule has 1 rings (SSSR count). The quantitative estimate of drug-likeness (QED) is 0.423. The SMILES string of the molecule is CCCCCNC(=O)C(c1c(C)cccc1C)N(C)C(=O)C(CC(N)=O)NC(=O)OC(C)(C)C. The first-order valence-corrected chi connectivity index (χ1v) is 11.7. The van der Waals surface area contributed by atoms with E-state index in [1.54, 1.807) is 20.8 Å². The normalized spacial score (nSPS) is 12.9. The van der Waals surface area contributed by atoms with E-state index in [0.717, 1.165) is 30.4 Å². The number of benzene rings is 1. The molecule has 0 bridgehead atoms. The van der Waals surface area contributed by atoms with E-state index in [9.17, 15) is 19.2 Å². The summed E-state index contributed by atoms with van der Waals surface area (Å²) in [5.74, 6) is -1.73. The lowest BCUT2D eigenvalue weighted by atomic mass is 9.94. The van der Waals surface area contributed by atoms with E-state index >= 15 is 0 Å². The number of likely N-dealkylation sites (N-methyl/N-ethyl adjacent to an activating group) is 1. The van der Waals surface area contributed by atoms with E-state index in [1.165, 1.54) is 11.9 Å². The van der Waals surface area contributed by atoms with Gasteiger partial charge < -0.3 is 26.0 Å². The van der Waals surface area contributed by atoms with Crippen LogP contribution < -0.4 is 16.4 Å². The maximum absolute atomic E-state index is 13.5. The fraction of sp³-hybridized carbons (Fsp3) is 0.600. The average molecular weight is 477 g/mol. The standard InChI is InChI=1S/C25H40N4O5/c1-8-9-10-14-27-22(31)21(20-16(2)12-11-13-17(20)3)29(7)23(32)18(15-19(26)30)28-24(33)34-25(4,5)6/h11-13,18,21H,8-10,14-15H2,1-7H3,(H2,26,30)(H,27,31)(H,28,33). The number of hydrogen-bond donors (Lipinski definition) is 3. The summed E-state index contributed by atoms with van der Waals surface area (Å²) >= 11 is 0. The van der Waals surface area contributed by atoms with Crippen LogP contribution in [0.5, 0.6) is 0 Å². The smallest absolute Gasteiger partial charge is 0.408 e. The number of carbonyl (C=O) groups is 4. The molecule has 0 aliphatic rings. The lowest BCUT2D eigenvalue weighted by Gasteiger charge is -2.32. The second-order valence-corrected chi connectivity index (χ2v) is 9.52. The van der Waals surface area contributed by atoms with E-state index in [4.69, 9.17) is 10.5 Å². The molecule has 2 atom stereocenters. The van der Waals surface area contributed by atoms with E-state index in [0.29, 0.717) is 12.1 Å². The van der Waals surface area contributed by atoms with Gasteiger partial charge >= 0.3 is 6.09 Å². The third kappa shape index (κ3) is 9.03. The average Bonchev–Trinajstić information content (AvgIpc) is 2.70. The van der Waals surface area contributed by atoms with Crippen molar-refractivity contribution in [2.24, 2.45) is 5.73 Å². The van der Waals surface area contributed by atoms with Crippen molar-refractivity contribution in [1.29, 1.82) is 0 Å². The van der Waals surface area contributed by atoms with Gasteiger partial charge in [-0.1, -0.05) is 38.0 Å². The van der Waals surface area contributed by atoms with Crippen LogP contribution in [0.2, 0.25) is 0 Å². The molecule has 0 aliphatic heterocycles. The van der Waals surface area contributed by atoms with Crippen LogP contribution in [-0.4, -0.2) is 54.0 Å². The van der Waals surface area contributed by atoms with Crippen LogP contribution >= 0.6 is 0 Å². The predicted molar refractivity (Wildman–Crippen MR) is 131 cm³/mol. The maximum Gasteiger partial charge on any atom is 0.408 e. The first kappa shape index (κ1) is 28.9. The maximum atomic E-state index is 13.5. The highest BCUT2D eigenvalue weighted by atomic mass is 16.6. The molecular weight excluding hydrogens is 436 g/mol. The molecule has 0 radical (unpaired) electrons. The Kier molecular flexibility index (Phi) is 11.0. The summed E-state index contributed by atoms with van der Waals surface area (Å²) in [5.41, 5.74) is 6.94. The van der Waals surface area contributed by atoms with Crippen LogP contribution in [0.15, 0.2) is 18.2 Å². The molecule has 1 aromatic rings. The van der Waals surface area contributed by atoms with Gasteiger partial charge in [0.15, 0.2) is 0 Å². The van der Waals surface area contributed by atoms with Crippen molar-refractivity contribution in [2.45, 2.75) is 84.9 Å². The van der Waals surface area contributed by atoms with Crippen LogP contribution in [0.25, 0.3) is 0 Å². The second kappa shape index (κ2) is 13.0. The molecular formula is C25H40N4O5. The number of alkyl carbamates (subject to hydrolysis) is 1. The third-order valence-electron chi connectivity index (χ3n) is 5.27. The number of hydrogen-bond acceptors (Lipinski definition) is 5. The van der Waals surface area contributed by atoms with Crippen molar-refractivity contribution in [1.82, 2.24) is 15.5 Å². The molecule has 34 heavy (non-hydrogen) atoms. The Morgan fingerprint density at radius 1 is 1.09 bits per heavy atom. The number of nitrogens with two attached hydrogens (primary N) is 1. The number of nitrogens with one attached hydrogen (secondary N) is 2. The van der Waals surface area contributed by atoms with Gasteiger partial charge in [-0.15, -0.1) is 0 Å². The van der Waals surface area contributed by atoms with Crippen molar-refractivity contribution >= 4 is 23.8 Å². The molecule has 4 N–H and O–H groups in total. The minimum absolute atomic E-state index is 0.334. The summed E-state index contributed by atoms with van der Waals surface area (Å²) in [6.07, 6.45) is 1.53. The van der Waals surface area contributed by atoms with E-state index < -0.39 is 42.0 Å². The highest BCUT2D eigenvalue weighted by Crippen LogP contribution is 2.27. The van der Waals surface area contributed by atoms with E-state index in [2.05, 4.69) is 17.6 Å². The molecule has 190 valence electrons. The van der Waals surface area contributed by atoms with Gasteiger partial charge in [0.2, 0.25) is 17.7 Å². The summed E-state index contributed by atoms with van der Waals surface area (Å²) in [6.45, 7) is 11.4. The monoisotopic (exact) mass is 476 g/mol. The molecule has 0 fully saturated rings. The number of unbranched alkanes of at least 4 members (excludes halogenated alkanes) is 2. The van der Waals surface area contributed by atoms with Crippen molar-refractivity contribution in [3.8, 4) is 0 Å². The summed E-state index contributed by atoms with van der Waals surface area (Å²) < 4.78 is 5.23. The van der Waals surface area contributed by atoms with Gasteiger partial charge in [-0.2, -0.15) is 0 Å². The molecule has 0 aromatic heterocycles. The summed E-state index contributed by atoms with van der Waals surface area (Å²) in [5, 5.41) is 5.36. The zero-order valence-corrected chi connectivity index (χ0v) is 21.5. The van der Waals surface area contributed by atoms with Gasteiger partial charge in [0, 0.05) is 13.6 Å². The first-order chi connectivity index (χ1) is 15.8. The zero-order valence-electron chi connectivity index (χ0n) is 21.5. The van der Waals surface area contributed by atoms with Crippen LogP contribution in [0, 0.1) is 13.8 Å². The van der Waals surface area contributed by atoms with E-state index in [1.807, 2.05) is 32.0 Å². The highest BCUT2D eigenvalue weighted by molar-refractivity contribution is 5.94. The van der Waals surface area contributed by atoms with Crippen molar-refractivity contribution in [3.05, 3.63) is 34.9 Å². The molecule has 9 heteroatoms. The Balaban J connectivity index is 3.29. The summed E-state index contributed by atoms with van der Waals surface area (Å²) in [7, 11) is 1.48. The van der Waals surface area contributed by atoms with Crippen LogP contribution in [-0.2, 0) is 19.1 Å². The van der Waals surface area contributed by atoms with E-state index in [-0.39, 0.29) is 5.91 Å². The van der Waals surface area contributed by atoms with Gasteiger partial charge in [-0.05, 0) is 57.7 Å². The Morgan fingerprint density at radius 3 is 2.18 bits per heavy atom.